The van der Waals surface area contributed by atoms with E-state index in [1.807, 2.05) is 30.3 Å². The zero-order valence-corrected chi connectivity index (χ0v) is 7.74. The molecule has 0 saturated heterocycles. The van der Waals surface area contributed by atoms with Crippen molar-refractivity contribution in [1.82, 2.24) is 0 Å². The van der Waals surface area contributed by atoms with Crippen LogP contribution in [0.3, 0.4) is 0 Å². The molecule has 2 heteroatoms. The summed E-state index contributed by atoms with van der Waals surface area (Å²) in [6.45, 7) is 0. The molecule has 0 fully saturated rings. The van der Waals surface area contributed by atoms with E-state index in [0.717, 1.165) is 11.1 Å². The van der Waals surface area contributed by atoms with Crippen LogP contribution in [0.1, 0.15) is 11.1 Å². The van der Waals surface area contributed by atoms with E-state index >= 15 is 0 Å². The predicted octanol–water partition coefficient (Wildman–Crippen LogP) is 1.35. The fourth-order valence-corrected chi connectivity index (χ4v) is 1.68. The standard InChI is InChI=1S/C10H6O.Pd/c11-10-6-5-8-3-1-2-4-9(8)7-10;/h1-6H;. The molecule has 0 spiro atoms. The van der Waals surface area contributed by atoms with Crippen molar-refractivity contribution in [2.75, 3.05) is 0 Å². The van der Waals surface area contributed by atoms with Crippen LogP contribution in [0.25, 0.3) is 6.08 Å². The SMILES string of the molecule is O=C1C=Cc2ccccc2[C]1=[Pd]. The summed E-state index contributed by atoms with van der Waals surface area (Å²) in [4.78, 5) is 11.2. The maximum atomic E-state index is 11.2. The van der Waals surface area contributed by atoms with E-state index in [0.29, 0.717) is 3.98 Å². The number of benzene rings is 1. The molecule has 0 heterocycles. The second kappa shape index (κ2) is 2.90. The molecule has 1 aromatic carbocycles. The summed E-state index contributed by atoms with van der Waals surface area (Å²) in [5, 5.41) is 0. The molecule has 12 heavy (non-hydrogen) atoms. The summed E-state index contributed by atoms with van der Waals surface area (Å²) in [7, 11) is 0. The summed E-state index contributed by atoms with van der Waals surface area (Å²) in [5.41, 5.74) is 2.09. The third-order valence-corrected chi connectivity index (χ3v) is 2.60. The van der Waals surface area contributed by atoms with E-state index in [1.54, 1.807) is 6.08 Å². The second-order valence-electron chi connectivity index (χ2n) is 2.57. The molecule has 1 nitrogen and oxygen atoms in total. The Kier molecular flexibility index (Phi) is 1.88. The number of hydrogen-bond acceptors (Lipinski definition) is 1. The molecule has 2 rings (SSSR count). The van der Waals surface area contributed by atoms with Gasteiger partial charge in [-0.25, -0.2) is 0 Å². The van der Waals surface area contributed by atoms with Crippen molar-refractivity contribution in [1.29, 1.82) is 0 Å². The van der Waals surface area contributed by atoms with Gasteiger partial charge in [0, 0.05) is 0 Å². The number of carbonyl (C=O) groups excluding carboxylic acids is 1. The minimum atomic E-state index is 0.0525. The normalized spacial score (nSPS) is 14.8. The summed E-state index contributed by atoms with van der Waals surface area (Å²) in [6, 6.07) is 7.82. The average Bonchev–Trinajstić information content (AvgIpc) is 2.12. The van der Waals surface area contributed by atoms with Crippen molar-refractivity contribution in [3.63, 3.8) is 0 Å². The van der Waals surface area contributed by atoms with Crippen molar-refractivity contribution in [3.05, 3.63) is 41.5 Å². The van der Waals surface area contributed by atoms with Gasteiger partial charge in [0.2, 0.25) is 0 Å². The monoisotopic (exact) mass is 248 g/mol. The van der Waals surface area contributed by atoms with Gasteiger partial charge in [-0.3, -0.25) is 0 Å². The first-order valence-electron chi connectivity index (χ1n) is 3.60. The first-order valence-corrected chi connectivity index (χ1v) is 4.38. The number of rotatable bonds is 0. The van der Waals surface area contributed by atoms with Crippen molar-refractivity contribution in [2.24, 2.45) is 0 Å². The van der Waals surface area contributed by atoms with Crippen LogP contribution in [0.4, 0.5) is 0 Å². The minimum absolute atomic E-state index is 0.0525. The Morgan fingerprint density at radius 3 is 2.67 bits per heavy atom. The summed E-state index contributed by atoms with van der Waals surface area (Å²) in [6.07, 6.45) is 3.43. The molecule has 62 valence electrons. The van der Waals surface area contributed by atoms with Crippen LogP contribution in [-0.2, 0) is 23.5 Å². The van der Waals surface area contributed by atoms with Gasteiger partial charge in [0.1, 0.15) is 0 Å². The van der Waals surface area contributed by atoms with Gasteiger partial charge in [0.15, 0.2) is 0 Å². The van der Waals surface area contributed by atoms with Gasteiger partial charge in [-0.1, -0.05) is 0 Å². The molecule has 1 aliphatic rings. The predicted molar refractivity (Wildman–Crippen MR) is 44.6 cm³/mol. The van der Waals surface area contributed by atoms with Gasteiger partial charge in [-0.2, -0.15) is 0 Å². The first kappa shape index (κ1) is 7.79. The molecule has 0 bridgehead atoms. The molecule has 0 radical (unpaired) electrons. The number of fused-ring (bicyclic) bond motifs is 1. The van der Waals surface area contributed by atoms with Crippen molar-refractivity contribution < 1.29 is 23.5 Å². The van der Waals surface area contributed by atoms with E-state index in [1.165, 1.54) is 0 Å². The average molecular weight is 249 g/mol. The van der Waals surface area contributed by atoms with Gasteiger partial charge >= 0.3 is 80.8 Å². The molecule has 0 saturated carbocycles. The van der Waals surface area contributed by atoms with E-state index in [-0.39, 0.29) is 5.78 Å². The van der Waals surface area contributed by atoms with Crippen LogP contribution < -0.4 is 0 Å². The Morgan fingerprint density at radius 1 is 1.08 bits per heavy atom. The van der Waals surface area contributed by atoms with Crippen LogP contribution in [-0.4, -0.2) is 9.77 Å². The molecular weight excluding hydrogens is 243 g/mol. The fourth-order valence-electron chi connectivity index (χ4n) is 1.19. The zero-order chi connectivity index (χ0) is 8.55. The quantitative estimate of drug-likeness (QED) is 0.634. The van der Waals surface area contributed by atoms with Crippen LogP contribution in [0.15, 0.2) is 30.3 Å². The van der Waals surface area contributed by atoms with Crippen molar-refractivity contribution >= 4 is 15.8 Å². The van der Waals surface area contributed by atoms with Crippen molar-refractivity contribution in [3.8, 4) is 0 Å². The molecule has 0 aromatic heterocycles. The Balaban J connectivity index is 2.67. The van der Waals surface area contributed by atoms with Gasteiger partial charge in [0.05, 0.1) is 0 Å². The number of ketones is 1. The van der Waals surface area contributed by atoms with Crippen LogP contribution in [0.2, 0.25) is 0 Å². The molecule has 0 aliphatic heterocycles. The molecular formula is C10H6OPd. The van der Waals surface area contributed by atoms with Crippen LogP contribution in [0.5, 0.6) is 0 Å². The third-order valence-electron chi connectivity index (χ3n) is 1.80. The maximum absolute atomic E-state index is 11.2. The summed E-state index contributed by atoms with van der Waals surface area (Å²) < 4.78 is 0.691. The van der Waals surface area contributed by atoms with E-state index in [9.17, 15) is 4.79 Å². The Hall–Kier alpha value is -0.838. The zero-order valence-electron chi connectivity index (χ0n) is 6.19. The van der Waals surface area contributed by atoms with Gasteiger partial charge in [0.25, 0.3) is 0 Å². The Labute approximate surface area is 81.0 Å². The van der Waals surface area contributed by atoms with Crippen LogP contribution in [0, 0.1) is 0 Å². The first-order chi connectivity index (χ1) is 5.79. The molecule has 0 atom stereocenters. The topological polar surface area (TPSA) is 17.1 Å². The van der Waals surface area contributed by atoms with E-state index in [2.05, 4.69) is 18.7 Å². The summed E-state index contributed by atoms with van der Waals surface area (Å²) >= 11 is 2.99. The van der Waals surface area contributed by atoms with E-state index in [4.69, 9.17) is 0 Å². The molecule has 0 N–H and O–H groups in total. The molecule has 0 unspecified atom stereocenters. The van der Waals surface area contributed by atoms with Crippen LogP contribution >= 0.6 is 0 Å². The molecule has 0 amide bonds. The fraction of sp³-hybridized carbons (Fsp3) is 0. The summed E-state index contributed by atoms with van der Waals surface area (Å²) in [5.74, 6) is 0.0525. The molecule has 1 aromatic rings. The second-order valence-corrected chi connectivity index (χ2v) is 3.35. The van der Waals surface area contributed by atoms with Crippen molar-refractivity contribution in [2.45, 2.75) is 0 Å². The Bertz CT molecular complexity index is 391. The third kappa shape index (κ3) is 1.14. The number of hydrogen-bond donors (Lipinski definition) is 0. The molecule has 1 aliphatic carbocycles. The number of allylic oxidation sites excluding steroid dienone is 1. The number of carbonyl (C=O) groups is 1. The van der Waals surface area contributed by atoms with E-state index < -0.39 is 0 Å². The van der Waals surface area contributed by atoms with Gasteiger partial charge in [-0.05, 0) is 0 Å². The van der Waals surface area contributed by atoms with Gasteiger partial charge < -0.3 is 0 Å². The van der Waals surface area contributed by atoms with Gasteiger partial charge in [-0.15, -0.1) is 0 Å². The Morgan fingerprint density at radius 2 is 1.83 bits per heavy atom.